The van der Waals surface area contributed by atoms with Crippen LogP contribution in [-0.4, -0.2) is 24.6 Å². The molecule has 1 heterocycles. The molecule has 0 saturated carbocycles. The number of hydrogen-bond acceptors (Lipinski definition) is 3. The van der Waals surface area contributed by atoms with Crippen LogP contribution in [0.2, 0.25) is 10.0 Å². The normalized spacial score (nSPS) is 11.7. The van der Waals surface area contributed by atoms with Gasteiger partial charge in [0.1, 0.15) is 0 Å². The summed E-state index contributed by atoms with van der Waals surface area (Å²) >= 11 is 12.4. The number of hydrogen-bond donors (Lipinski definition) is 1. The Kier molecular flexibility index (Phi) is 7.11. The third-order valence-electron chi connectivity index (χ3n) is 4.97. The van der Waals surface area contributed by atoms with Crippen molar-refractivity contribution < 1.29 is 13.2 Å². The minimum Gasteiger partial charge on any atom is -0.340 e. The summed E-state index contributed by atoms with van der Waals surface area (Å²) < 4.78 is 28.5. The predicted octanol–water partition coefficient (Wildman–Crippen LogP) is 5.42. The Balaban J connectivity index is 1.97. The molecule has 0 spiro atoms. The molecule has 0 saturated heterocycles. The second-order valence-corrected chi connectivity index (χ2v) is 9.87. The highest BCUT2D eigenvalue weighted by Gasteiger charge is 2.17. The van der Waals surface area contributed by atoms with Gasteiger partial charge in [-0.05, 0) is 54.1 Å². The number of aromatic nitrogens is 1. The van der Waals surface area contributed by atoms with Crippen molar-refractivity contribution in [1.29, 1.82) is 0 Å². The van der Waals surface area contributed by atoms with E-state index < -0.39 is 15.9 Å². The van der Waals surface area contributed by atoms with E-state index in [4.69, 9.17) is 23.2 Å². The van der Waals surface area contributed by atoms with Crippen LogP contribution in [0.15, 0.2) is 42.5 Å². The molecule has 1 N–H and O–H groups in total. The van der Waals surface area contributed by atoms with Crippen LogP contribution in [0.25, 0.3) is 10.9 Å². The zero-order valence-corrected chi connectivity index (χ0v) is 19.2. The van der Waals surface area contributed by atoms with Gasteiger partial charge in [0.15, 0.2) is 0 Å². The number of amides is 1. The fourth-order valence-corrected chi connectivity index (χ4v) is 4.98. The van der Waals surface area contributed by atoms with Gasteiger partial charge in [-0.3, -0.25) is 4.79 Å². The van der Waals surface area contributed by atoms with Crippen molar-refractivity contribution in [3.63, 3.8) is 0 Å². The van der Waals surface area contributed by atoms with E-state index >= 15 is 0 Å². The lowest BCUT2D eigenvalue weighted by atomic mass is 10.1. The molecule has 0 aliphatic heterocycles. The summed E-state index contributed by atoms with van der Waals surface area (Å²) in [4.78, 5) is 12.6. The molecular formula is C22H24Cl2N2O3S. The lowest BCUT2D eigenvalue weighted by molar-refractivity contribution is 0.0981. The predicted molar refractivity (Wildman–Crippen MR) is 123 cm³/mol. The first-order valence-corrected chi connectivity index (χ1v) is 12.3. The lowest BCUT2D eigenvalue weighted by Crippen LogP contribution is -2.32. The number of nitrogens with one attached hydrogen (secondary N) is 1. The van der Waals surface area contributed by atoms with E-state index in [1.165, 1.54) is 0 Å². The van der Waals surface area contributed by atoms with E-state index in [-0.39, 0.29) is 5.75 Å². The number of carbonyl (C=O) groups is 1. The quantitative estimate of drug-likeness (QED) is 0.481. The van der Waals surface area contributed by atoms with E-state index in [0.29, 0.717) is 28.6 Å². The number of sulfonamides is 1. The number of nitrogens with zero attached hydrogens (tertiary/aromatic N) is 1. The van der Waals surface area contributed by atoms with Crippen molar-refractivity contribution in [3.05, 3.63) is 69.3 Å². The summed E-state index contributed by atoms with van der Waals surface area (Å²) in [5, 5.41) is 2.12. The maximum atomic E-state index is 12.6. The Hall–Kier alpha value is -2.02. The van der Waals surface area contributed by atoms with Gasteiger partial charge in [0.25, 0.3) is 5.91 Å². The van der Waals surface area contributed by atoms with Gasteiger partial charge in [0, 0.05) is 33.4 Å². The molecule has 30 heavy (non-hydrogen) atoms. The third-order valence-corrected chi connectivity index (χ3v) is 6.88. The van der Waals surface area contributed by atoms with E-state index in [1.807, 2.05) is 19.1 Å². The summed E-state index contributed by atoms with van der Waals surface area (Å²) in [5.74, 6) is -0.688. The number of carbonyl (C=O) groups excluding carboxylic acids is 1. The summed E-state index contributed by atoms with van der Waals surface area (Å²) in [6.07, 6.45) is 2.04. The molecular weight excluding hydrogens is 443 g/mol. The monoisotopic (exact) mass is 466 g/mol. The average molecular weight is 467 g/mol. The molecule has 160 valence electrons. The molecule has 0 unspecified atom stereocenters. The summed E-state index contributed by atoms with van der Waals surface area (Å²) in [6, 6.07) is 12.7. The molecule has 2 aromatic carbocycles. The van der Waals surface area contributed by atoms with Gasteiger partial charge < -0.3 is 4.57 Å². The van der Waals surface area contributed by atoms with Crippen LogP contribution in [0.3, 0.4) is 0 Å². The third kappa shape index (κ3) is 5.17. The lowest BCUT2D eigenvalue weighted by Gasteiger charge is -2.12. The zero-order chi connectivity index (χ0) is 21.9. The molecule has 0 aliphatic rings. The Morgan fingerprint density at radius 2 is 1.83 bits per heavy atom. The van der Waals surface area contributed by atoms with Crippen molar-refractivity contribution in [2.75, 3.05) is 5.75 Å². The molecule has 1 aromatic heterocycles. The van der Waals surface area contributed by atoms with Crippen LogP contribution in [0.1, 0.15) is 48.3 Å². The highest BCUT2D eigenvalue weighted by Crippen LogP contribution is 2.27. The van der Waals surface area contributed by atoms with Gasteiger partial charge in [-0.15, -0.1) is 0 Å². The van der Waals surface area contributed by atoms with Gasteiger partial charge in [0.2, 0.25) is 10.0 Å². The SMILES string of the molecule is CCCCS(=O)(=O)NC(=O)c1ccc2cc(CC)n(Cc3ccc(Cl)cc3Cl)c2c1. The maximum absolute atomic E-state index is 12.6. The molecule has 8 heteroatoms. The van der Waals surface area contributed by atoms with Gasteiger partial charge in [-0.2, -0.15) is 0 Å². The molecule has 0 aliphatic carbocycles. The Morgan fingerprint density at radius 3 is 2.50 bits per heavy atom. The van der Waals surface area contributed by atoms with Crippen molar-refractivity contribution in [2.24, 2.45) is 0 Å². The van der Waals surface area contributed by atoms with Crippen molar-refractivity contribution in [1.82, 2.24) is 9.29 Å². The highest BCUT2D eigenvalue weighted by molar-refractivity contribution is 7.90. The van der Waals surface area contributed by atoms with E-state index in [9.17, 15) is 13.2 Å². The molecule has 1 amide bonds. The molecule has 3 rings (SSSR count). The highest BCUT2D eigenvalue weighted by atomic mass is 35.5. The smallest absolute Gasteiger partial charge is 0.264 e. The minimum absolute atomic E-state index is 0.0666. The van der Waals surface area contributed by atoms with Gasteiger partial charge in [-0.25, -0.2) is 13.1 Å². The molecule has 0 atom stereocenters. The number of halogens is 2. The van der Waals surface area contributed by atoms with Crippen LogP contribution >= 0.6 is 23.2 Å². The fraction of sp³-hybridized carbons (Fsp3) is 0.318. The molecule has 0 bridgehead atoms. The zero-order valence-electron chi connectivity index (χ0n) is 16.9. The number of fused-ring (bicyclic) bond motifs is 1. The first-order chi connectivity index (χ1) is 14.2. The van der Waals surface area contributed by atoms with Crippen LogP contribution in [-0.2, 0) is 23.0 Å². The first-order valence-electron chi connectivity index (χ1n) is 9.85. The Morgan fingerprint density at radius 1 is 1.07 bits per heavy atom. The molecule has 3 aromatic rings. The van der Waals surface area contributed by atoms with Gasteiger partial charge >= 0.3 is 0 Å². The minimum atomic E-state index is -3.65. The van der Waals surface area contributed by atoms with Gasteiger partial charge in [0.05, 0.1) is 5.75 Å². The van der Waals surface area contributed by atoms with Gasteiger partial charge in [-0.1, -0.05) is 55.6 Å². The van der Waals surface area contributed by atoms with Crippen LogP contribution in [0, 0.1) is 0 Å². The maximum Gasteiger partial charge on any atom is 0.264 e. The van der Waals surface area contributed by atoms with Crippen molar-refractivity contribution >= 4 is 50.0 Å². The van der Waals surface area contributed by atoms with Crippen LogP contribution in [0.4, 0.5) is 0 Å². The first kappa shape index (κ1) is 22.7. The summed E-state index contributed by atoms with van der Waals surface area (Å²) in [6.45, 7) is 4.47. The Bertz CT molecular complexity index is 1190. The number of rotatable bonds is 8. The Labute approximate surface area is 187 Å². The molecule has 5 nitrogen and oxygen atoms in total. The number of unbranched alkanes of at least 4 members (excludes halogenated alkanes) is 1. The molecule has 0 radical (unpaired) electrons. The summed E-state index contributed by atoms with van der Waals surface area (Å²) in [5.41, 5.74) is 3.14. The van der Waals surface area contributed by atoms with E-state index in [0.717, 1.165) is 35.0 Å². The van der Waals surface area contributed by atoms with Crippen molar-refractivity contribution in [2.45, 2.75) is 39.7 Å². The number of benzene rings is 2. The van der Waals surface area contributed by atoms with E-state index in [1.54, 1.807) is 24.3 Å². The largest absolute Gasteiger partial charge is 0.340 e. The van der Waals surface area contributed by atoms with Crippen molar-refractivity contribution in [3.8, 4) is 0 Å². The van der Waals surface area contributed by atoms with E-state index in [2.05, 4.69) is 22.3 Å². The van der Waals surface area contributed by atoms with Crippen LogP contribution in [0.5, 0.6) is 0 Å². The average Bonchev–Trinajstić information content (AvgIpc) is 3.05. The van der Waals surface area contributed by atoms with Crippen LogP contribution < -0.4 is 4.72 Å². The number of aryl methyl sites for hydroxylation is 1. The second-order valence-electron chi connectivity index (χ2n) is 7.19. The topological polar surface area (TPSA) is 68.2 Å². The standard InChI is InChI=1S/C22H24Cl2N2O3S/c1-3-5-10-30(28,29)25-22(27)16-7-6-15-11-19(4-2)26(21(15)12-16)14-17-8-9-18(23)13-20(17)24/h6-9,11-13H,3-5,10,14H2,1-2H3,(H,25,27). The molecule has 0 fully saturated rings. The second kappa shape index (κ2) is 9.41. The fourth-order valence-electron chi connectivity index (χ4n) is 3.34. The summed E-state index contributed by atoms with van der Waals surface area (Å²) in [7, 11) is -3.65.